The summed E-state index contributed by atoms with van der Waals surface area (Å²) >= 11 is 1.35. The van der Waals surface area contributed by atoms with Gasteiger partial charge in [-0.05, 0) is 23.8 Å². The molecule has 0 aliphatic rings. The first-order valence-electron chi connectivity index (χ1n) is 6.32. The van der Waals surface area contributed by atoms with Gasteiger partial charge in [0.05, 0.1) is 16.9 Å². The SMILES string of the molecule is c1ccc(OSc2ccncc2-c2ccccc2)cc1. The molecule has 0 N–H and O–H groups in total. The summed E-state index contributed by atoms with van der Waals surface area (Å²) in [6.45, 7) is 0. The summed E-state index contributed by atoms with van der Waals surface area (Å²) in [4.78, 5) is 5.26. The van der Waals surface area contributed by atoms with Crippen LogP contribution in [0.4, 0.5) is 0 Å². The van der Waals surface area contributed by atoms with E-state index in [4.69, 9.17) is 4.18 Å². The molecule has 0 aliphatic carbocycles. The number of para-hydroxylation sites is 1. The van der Waals surface area contributed by atoms with Crippen molar-refractivity contribution >= 4 is 12.0 Å². The number of nitrogens with zero attached hydrogens (tertiary/aromatic N) is 1. The molecule has 0 fully saturated rings. The van der Waals surface area contributed by atoms with Gasteiger partial charge < -0.3 is 4.18 Å². The second kappa shape index (κ2) is 6.26. The Hall–Kier alpha value is -2.26. The fourth-order valence-electron chi connectivity index (χ4n) is 1.86. The van der Waals surface area contributed by atoms with Gasteiger partial charge in [0.2, 0.25) is 0 Å². The Morgan fingerprint density at radius 3 is 2.25 bits per heavy atom. The van der Waals surface area contributed by atoms with Crippen molar-refractivity contribution in [2.24, 2.45) is 0 Å². The van der Waals surface area contributed by atoms with Crippen LogP contribution in [0.15, 0.2) is 84.0 Å². The lowest BCUT2D eigenvalue weighted by molar-refractivity contribution is 0.646. The Labute approximate surface area is 122 Å². The average Bonchev–Trinajstić information content (AvgIpc) is 2.55. The quantitative estimate of drug-likeness (QED) is 0.638. The molecular formula is C17H13NOS. The van der Waals surface area contributed by atoms with E-state index in [2.05, 4.69) is 17.1 Å². The standard InChI is InChI=1S/C17H13NOS/c1-3-7-14(8-4-1)16-13-18-12-11-17(16)20-19-15-9-5-2-6-10-15/h1-13H. The summed E-state index contributed by atoms with van der Waals surface area (Å²) in [5, 5.41) is 0. The van der Waals surface area contributed by atoms with E-state index < -0.39 is 0 Å². The van der Waals surface area contributed by atoms with Crippen LogP contribution in [0.1, 0.15) is 0 Å². The van der Waals surface area contributed by atoms with Crippen molar-refractivity contribution in [1.29, 1.82) is 0 Å². The zero-order chi connectivity index (χ0) is 13.6. The molecule has 2 aromatic carbocycles. The summed E-state index contributed by atoms with van der Waals surface area (Å²) in [6.07, 6.45) is 3.65. The summed E-state index contributed by atoms with van der Waals surface area (Å²) in [6, 6.07) is 21.9. The van der Waals surface area contributed by atoms with Gasteiger partial charge in [0.15, 0.2) is 0 Å². The molecule has 98 valence electrons. The molecule has 3 aromatic rings. The Morgan fingerprint density at radius 2 is 1.50 bits per heavy atom. The normalized spacial score (nSPS) is 10.2. The number of pyridine rings is 1. The minimum absolute atomic E-state index is 0.841. The summed E-state index contributed by atoms with van der Waals surface area (Å²) in [5.74, 6) is 0.841. The van der Waals surface area contributed by atoms with Crippen molar-refractivity contribution in [3.05, 3.63) is 79.1 Å². The van der Waals surface area contributed by atoms with Crippen LogP contribution in [0.3, 0.4) is 0 Å². The van der Waals surface area contributed by atoms with Gasteiger partial charge in [-0.2, -0.15) is 0 Å². The fraction of sp³-hybridized carbons (Fsp3) is 0. The molecule has 0 spiro atoms. The predicted octanol–water partition coefficient (Wildman–Crippen LogP) is 4.83. The van der Waals surface area contributed by atoms with Crippen molar-refractivity contribution in [2.75, 3.05) is 0 Å². The first kappa shape index (κ1) is 12.8. The fourth-order valence-corrected chi connectivity index (χ4v) is 2.53. The molecule has 0 unspecified atom stereocenters. The van der Waals surface area contributed by atoms with Gasteiger partial charge in [-0.15, -0.1) is 0 Å². The smallest absolute Gasteiger partial charge is 0.137 e. The van der Waals surface area contributed by atoms with E-state index in [-0.39, 0.29) is 0 Å². The van der Waals surface area contributed by atoms with Gasteiger partial charge in [-0.1, -0.05) is 48.5 Å². The van der Waals surface area contributed by atoms with Crippen LogP contribution in [0.5, 0.6) is 5.75 Å². The monoisotopic (exact) mass is 279 g/mol. The van der Waals surface area contributed by atoms with Crippen LogP contribution in [0.25, 0.3) is 11.1 Å². The van der Waals surface area contributed by atoms with Gasteiger partial charge in [0, 0.05) is 18.0 Å². The van der Waals surface area contributed by atoms with E-state index in [1.807, 2.05) is 60.8 Å². The van der Waals surface area contributed by atoms with Crippen LogP contribution in [0.2, 0.25) is 0 Å². The van der Waals surface area contributed by atoms with Crippen LogP contribution < -0.4 is 4.18 Å². The third-order valence-corrected chi connectivity index (χ3v) is 3.65. The van der Waals surface area contributed by atoms with E-state index in [1.165, 1.54) is 12.0 Å². The maximum Gasteiger partial charge on any atom is 0.137 e. The second-order valence-corrected chi connectivity index (χ2v) is 4.99. The third-order valence-electron chi connectivity index (χ3n) is 2.84. The molecule has 0 radical (unpaired) electrons. The molecule has 1 heterocycles. The molecule has 0 aliphatic heterocycles. The average molecular weight is 279 g/mol. The van der Waals surface area contributed by atoms with Gasteiger partial charge in [0.1, 0.15) is 5.75 Å². The maximum atomic E-state index is 5.74. The molecule has 3 heteroatoms. The lowest BCUT2D eigenvalue weighted by atomic mass is 10.1. The minimum atomic E-state index is 0.841. The van der Waals surface area contributed by atoms with Crippen molar-refractivity contribution in [2.45, 2.75) is 4.90 Å². The highest BCUT2D eigenvalue weighted by molar-refractivity contribution is 7.95. The number of hydrogen-bond acceptors (Lipinski definition) is 3. The number of aromatic nitrogens is 1. The molecule has 0 saturated heterocycles. The van der Waals surface area contributed by atoms with Crippen molar-refractivity contribution in [3.63, 3.8) is 0 Å². The van der Waals surface area contributed by atoms with E-state index in [9.17, 15) is 0 Å². The highest BCUT2D eigenvalue weighted by atomic mass is 32.2. The number of benzene rings is 2. The van der Waals surface area contributed by atoms with E-state index >= 15 is 0 Å². The molecule has 1 aromatic heterocycles. The first-order chi connectivity index (χ1) is 9.93. The van der Waals surface area contributed by atoms with Gasteiger partial charge in [0.25, 0.3) is 0 Å². The molecule has 2 nitrogen and oxygen atoms in total. The van der Waals surface area contributed by atoms with Crippen LogP contribution >= 0.6 is 12.0 Å². The highest BCUT2D eigenvalue weighted by Crippen LogP contribution is 2.31. The molecule has 3 rings (SSSR count). The van der Waals surface area contributed by atoms with Crippen molar-refractivity contribution in [1.82, 2.24) is 4.98 Å². The van der Waals surface area contributed by atoms with Crippen LogP contribution in [-0.4, -0.2) is 4.98 Å². The Bertz CT molecular complexity index is 671. The lowest BCUT2D eigenvalue weighted by Crippen LogP contribution is -1.87. The van der Waals surface area contributed by atoms with Gasteiger partial charge >= 0.3 is 0 Å². The van der Waals surface area contributed by atoms with Gasteiger partial charge in [-0.25, -0.2) is 0 Å². The van der Waals surface area contributed by atoms with E-state index in [0.717, 1.165) is 21.8 Å². The predicted molar refractivity (Wildman–Crippen MR) is 82.6 cm³/mol. The summed E-state index contributed by atoms with van der Waals surface area (Å²) in [7, 11) is 0. The number of rotatable bonds is 4. The van der Waals surface area contributed by atoms with E-state index in [0.29, 0.717) is 0 Å². The van der Waals surface area contributed by atoms with Crippen molar-refractivity contribution in [3.8, 4) is 16.9 Å². The highest BCUT2D eigenvalue weighted by Gasteiger charge is 2.07. The molecule has 20 heavy (non-hydrogen) atoms. The Kier molecular flexibility index (Phi) is 3.99. The topological polar surface area (TPSA) is 22.1 Å². The lowest BCUT2D eigenvalue weighted by Gasteiger charge is -2.08. The Balaban J connectivity index is 1.84. The minimum Gasteiger partial charge on any atom is -0.421 e. The summed E-state index contributed by atoms with van der Waals surface area (Å²) in [5.41, 5.74) is 2.22. The molecule has 0 amide bonds. The van der Waals surface area contributed by atoms with Crippen molar-refractivity contribution < 1.29 is 4.18 Å². The second-order valence-electron chi connectivity index (χ2n) is 4.22. The third kappa shape index (κ3) is 3.00. The van der Waals surface area contributed by atoms with Gasteiger partial charge in [-0.3, -0.25) is 4.98 Å². The largest absolute Gasteiger partial charge is 0.421 e. The maximum absolute atomic E-state index is 5.74. The van der Waals surface area contributed by atoms with Crippen LogP contribution in [0, 0.1) is 0 Å². The Morgan fingerprint density at radius 1 is 0.800 bits per heavy atom. The molecule has 0 bridgehead atoms. The number of hydrogen-bond donors (Lipinski definition) is 0. The van der Waals surface area contributed by atoms with E-state index in [1.54, 1.807) is 6.20 Å². The zero-order valence-corrected chi connectivity index (χ0v) is 11.6. The molecular weight excluding hydrogens is 266 g/mol. The first-order valence-corrected chi connectivity index (χ1v) is 7.06. The molecule has 0 saturated carbocycles. The molecule has 0 atom stereocenters. The summed E-state index contributed by atoms with van der Waals surface area (Å²) < 4.78 is 5.74. The zero-order valence-electron chi connectivity index (χ0n) is 10.8. The van der Waals surface area contributed by atoms with Crippen LogP contribution in [-0.2, 0) is 0 Å².